The molecule has 2 aromatic rings. The Labute approximate surface area is 151 Å². The number of rotatable bonds is 8. The van der Waals surface area contributed by atoms with Crippen LogP contribution in [0.4, 0.5) is 5.13 Å². The molecule has 25 heavy (non-hydrogen) atoms. The third-order valence-corrected chi connectivity index (χ3v) is 5.99. The predicted octanol–water partition coefficient (Wildman–Crippen LogP) is 1.33. The molecule has 0 aliphatic carbocycles. The maximum atomic E-state index is 12.2. The molecule has 1 aromatic carbocycles. The van der Waals surface area contributed by atoms with Gasteiger partial charge in [-0.1, -0.05) is 29.5 Å². The fourth-order valence-corrected chi connectivity index (χ4v) is 4.03. The first-order valence-corrected chi connectivity index (χ1v) is 9.94. The van der Waals surface area contributed by atoms with Crippen LogP contribution in [0.2, 0.25) is 0 Å². The van der Waals surface area contributed by atoms with Crippen LogP contribution < -0.4 is 10.0 Å². The van der Waals surface area contributed by atoms with Gasteiger partial charge < -0.3 is 4.90 Å². The van der Waals surface area contributed by atoms with Crippen molar-refractivity contribution in [1.82, 2.24) is 19.8 Å². The van der Waals surface area contributed by atoms with Crippen molar-refractivity contribution in [1.29, 1.82) is 0 Å². The molecule has 0 spiro atoms. The fourth-order valence-electron chi connectivity index (χ4n) is 2.02. The summed E-state index contributed by atoms with van der Waals surface area (Å²) in [6.45, 7) is 2.91. The molecule has 0 bridgehead atoms. The van der Waals surface area contributed by atoms with E-state index >= 15 is 0 Å². The maximum Gasteiger partial charge on any atom is 0.269 e. The van der Waals surface area contributed by atoms with E-state index in [1.165, 1.54) is 0 Å². The van der Waals surface area contributed by atoms with Crippen LogP contribution in [0.3, 0.4) is 0 Å². The highest BCUT2D eigenvalue weighted by Gasteiger charge is 2.21. The Balaban J connectivity index is 1.99. The highest BCUT2D eigenvalue weighted by Crippen LogP contribution is 2.20. The number of hydrogen-bond donors (Lipinski definition) is 2. The lowest BCUT2D eigenvalue weighted by Gasteiger charge is -2.09. The van der Waals surface area contributed by atoms with Gasteiger partial charge in [0.2, 0.25) is 9.47 Å². The molecule has 0 unspecified atom stereocenters. The molecule has 1 amide bonds. The molecular weight excluding hydrogens is 362 g/mol. The number of nitrogens with one attached hydrogen (secondary N) is 2. The molecule has 1 heterocycles. The van der Waals surface area contributed by atoms with Gasteiger partial charge in [-0.15, -0.1) is 10.2 Å². The summed E-state index contributed by atoms with van der Waals surface area (Å²) in [6, 6.07) is 7.11. The van der Waals surface area contributed by atoms with Crippen LogP contribution in [0, 0.1) is 6.92 Å². The van der Waals surface area contributed by atoms with Crippen molar-refractivity contribution in [2.75, 3.05) is 32.5 Å². The third-order valence-electron chi connectivity index (χ3n) is 3.32. The molecule has 2 N–H and O–H groups in total. The normalized spacial score (nSPS) is 11.7. The summed E-state index contributed by atoms with van der Waals surface area (Å²) in [6.07, 6.45) is 0.682. The van der Waals surface area contributed by atoms with Gasteiger partial charge in [0.15, 0.2) is 0 Å². The predicted molar refractivity (Wildman–Crippen MR) is 97.4 cm³/mol. The first-order valence-electron chi connectivity index (χ1n) is 7.64. The van der Waals surface area contributed by atoms with Crippen LogP contribution in [-0.4, -0.2) is 56.6 Å². The summed E-state index contributed by atoms with van der Waals surface area (Å²) in [5.74, 6) is -0.350. The zero-order chi connectivity index (χ0) is 18.4. The van der Waals surface area contributed by atoms with E-state index in [1.807, 2.05) is 38.1 Å². The quantitative estimate of drug-likeness (QED) is 0.526. The minimum absolute atomic E-state index is 0.141. The monoisotopic (exact) mass is 383 g/mol. The van der Waals surface area contributed by atoms with Gasteiger partial charge >= 0.3 is 0 Å². The van der Waals surface area contributed by atoms with E-state index in [0.717, 1.165) is 23.4 Å². The summed E-state index contributed by atoms with van der Waals surface area (Å²) in [7, 11) is 0.118. The zero-order valence-corrected chi connectivity index (χ0v) is 15.9. The van der Waals surface area contributed by atoms with Gasteiger partial charge in [-0.2, -0.15) is 0 Å². The lowest BCUT2D eigenvalue weighted by Crippen LogP contribution is -2.27. The van der Waals surface area contributed by atoms with Crippen LogP contribution in [0.1, 0.15) is 22.3 Å². The Morgan fingerprint density at radius 2 is 1.96 bits per heavy atom. The van der Waals surface area contributed by atoms with Crippen molar-refractivity contribution in [2.24, 2.45) is 0 Å². The fraction of sp³-hybridized carbons (Fsp3) is 0.400. The highest BCUT2D eigenvalue weighted by molar-refractivity contribution is 7.91. The number of carbonyl (C=O) groups excluding carboxylic acids is 1. The average Bonchev–Trinajstić information content (AvgIpc) is 3.01. The van der Waals surface area contributed by atoms with E-state index in [4.69, 9.17) is 0 Å². The lowest BCUT2D eigenvalue weighted by molar-refractivity contribution is 0.102. The molecule has 1 aromatic heterocycles. The minimum atomic E-state index is -3.72. The number of aromatic nitrogens is 2. The Bertz CT molecular complexity index is 833. The van der Waals surface area contributed by atoms with Crippen LogP contribution in [0.5, 0.6) is 0 Å². The molecule has 0 atom stereocenters. The van der Waals surface area contributed by atoms with E-state index in [-0.39, 0.29) is 15.4 Å². The number of aryl methyl sites for hydroxylation is 1. The molecule has 0 fully saturated rings. The van der Waals surface area contributed by atoms with E-state index in [0.29, 0.717) is 18.5 Å². The summed E-state index contributed by atoms with van der Waals surface area (Å²) < 4.78 is 26.7. The molecule has 0 aliphatic heterocycles. The Morgan fingerprint density at radius 1 is 1.24 bits per heavy atom. The van der Waals surface area contributed by atoms with Gasteiger partial charge in [0.1, 0.15) is 0 Å². The number of amides is 1. The molecule has 136 valence electrons. The van der Waals surface area contributed by atoms with Gasteiger partial charge in [0, 0.05) is 12.1 Å². The van der Waals surface area contributed by atoms with Crippen LogP contribution in [0.15, 0.2) is 28.6 Å². The van der Waals surface area contributed by atoms with Crippen LogP contribution in [-0.2, 0) is 10.0 Å². The second kappa shape index (κ2) is 8.48. The van der Waals surface area contributed by atoms with Crippen molar-refractivity contribution in [3.05, 3.63) is 35.4 Å². The van der Waals surface area contributed by atoms with Gasteiger partial charge in [-0.05, 0) is 45.6 Å². The van der Waals surface area contributed by atoms with Gasteiger partial charge in [0.05, 0.1) is 0 Å². The smallest absolute Gasteiger partial charge is 0.269 e. The second-order valence-corrected chi connectivity index (χ2v) is 8.61. The topological polar surface area (TPSA) is 104 Å². The van der Waals surface area contributed by atoms with Crippen molar-refractivity contribution >= 4 is 32.4 Å². The zero-order valence-electron chi connectivity index (χ0n) is 14.3. The first-order chi connectivity index (χ1) is 11.8. The minimum Gasteiger partial charge on any atom is -0.309 e. The number of anilines is 1. The van der Waals surface area contributed by atoms with Crippen LogP contribution >= 0.6 is 11.3 Å². The number of nitrogens with zero attached hydrogens (tertiary/aromatic N) is 3. The van der Waals surface area contributed by atoms with Crippen molar-refractivity contribution < 1.29 is 13.2 Å². The summed E-state index contributed by atoms with van der Waals surface area (Å²) in [5.41, 5.74) is 1.32. The molecule has 10 heteroatoms. The average molecular weight is 383 g/mol. The Kier molecular flexibility index (Phi) is 6.59. The van der Waals surface area contributed by atoms with E-state index in [2.05, 4.69) is 20.2 Å². The van der Waals surface area contributed by atoms with Crippen molar-refractivity contribution in [3.63, 3.8) is 0 Å². The second-order valence-electron chi connectivity index (χ2n) is 5.70. The highest BCUT2D eigenvalue weighted by atomic mass is 32.2. The number of benzene rings is 1. The summed E-state index contributed by atoms with van der Waals surface area (Å²) >= 11 is 0.818. The molecule has 0 aliphatic rings. The van der Waals surface area contributed by atoms with Gasteiger partial charge in [-0.25, -0.2) is 13.1 Å². The molecular formula is C15H21N5O3S2. The SMILES string of the molecule is Cc1ccccc1C(=O)Nc1nnc(S(=O)(=O)NCCCN(C)C)s1. The Hall–Kier alpha value is -1.88. The molecule has 8 nitrogen and oxygen atoms in total. The molecule has 0 saturated carbocycles. The van der Waals surface area contributed by atoms with E-state index in [9.17, 15) is 13.2 Å². The van der Waals surface area contributed by atoms with Crippen molar-refractivity contribution in [2.45, 2.75) is 17.7 Å². The largest absolute Gasteiger partial charge is 0.309 e. The van der Waals surface area contributed by atoms with E-state index in [1.54, 1.807) is 12.1 Å². The van der Waals surface area contributed by atoms with E-state index < -0.39 is 10.0 Å². The first kappa shape index (κ1) is 19.4. The summed E-state index contributed by atoms with van der Waals surface area (Å²) in [4.78, 5) is 14.2. The molecule has 0 radical (unpaired) electrons. The summed E-state index contributed by atoms with van der Waals surface area (Å²) in [5, 5.41) is 10.1. The number of hydrogen-bond acceptors (Lipinski definition) is 7. The lowest BCUT2D eigenvalue weighted by atomic mass is 10.1. The molecule has 2 rings (SSSR count). The molecule has 0 saturated heterocycles. The van der Waals surface area contributed by atoms with Gasteiger partial charge in [-0.3, -0.25) is 10.1 Å². The third kappa shape index (κ3) is 5.56. The van der Waals surface area contributed by atoms with Gasteiger partial charge in [0.25, 0.3) is 15.9 Å². The standard InChI is InChI=1S/C15H21N5O3S2/c1-11-7-4-5-8-12(11)13(21)17-14-18-19-15(24-14)25(22,23)16-9-6-10-20(2)3/h4-5,7-8,16H,6,9-10H2,1-3H3,(H,17,18,21). The Morgan fingerprint density at radius 3 is 2.64 bits per heavy atom. The maximum absolute atomic E-state index is 12.2. The van der Waals surface area contributed by atoms with Crippen molar-refractivity contribution in [3.8, 4) is 0 Å². The number of carbonyl (C=O) groups is 1. The number of sulfonamides is 1. The van der Waals surface area contributed by atoms with Crippen LogP contribution in [0.25, 0.3) is 0 Å².